The van der Waals surface area contributed by atoms with E-state index in [4.69, 9.17) is 4.74 Å². The fourth-order valence-electron chi connectivity index (χ4n) is 3.22. The van der Waals surface area contributed by atoms with E-state index >= 15 is 0 Å². The zero-order chi connectivity index (χ0) is 20.1. The lowest BCUT2D eigenvalue weighted by Gasteiger charge is -2.37. The van der Waals surface area contributed by atoms with E-state index in [1.165, 1.54) is 6.92 Å². The van der Waals surface area contributed by atoms with Gasteiger partial charge in [-0.15, -0.1) is 0 Å². The summed E-state index contributed by atoms with van der Waals surface area (Å²) in [6.07, 6.45) is 2.33. The van der Waals surface area contributed by atoms with Gasteiger partial charge < -0.3 is 20.3 Å². The number of carbonyl (C=O) groups excluding carboxylic acids is 2. The van der Waals surface area contributed by atoms with E-state index in [2.05, 4.69) is 26.7 Å². The first kappa shape index (κ1) is 19.5. The van der Waals surface area contributed by atoms with Gasteiger partial charge >= 0.3 is 0 Å². The van der Waals surface area contributed by atoms with Crippen molar-refractivity contribution in [2.45, 2.75) is 26.1 Å². The quantitative estimate of drug-likeness (QED) is 0.716. The van der Waals surface area contributed by atoms with Crippen molar-refractivity contribution in [1.82, 2.24) is 20.6 Å². The molecule has 1 saturated heterocycles. The lowest BCUT2D eigenvalue weighted by molar-refractivity contribution is -0.137. The van der Waals surface area contributed by atoms with Crippen molar-refractivity contribution in [1.29, 1.82) is 5.26 Å². The molecule has 2 amide bonds. The summed E-state index contributed by atoms with van der Waals surface area (Å²) in [7, 11) is 0. The summed E-state index contributed by atoms with van der Waals surface area (Å²) in [4.78, 5) is 34.1. The van der Waals surface area contributed by atoms with E-state index in [-0.39, 0.29) is 17.9 Å². The van der Waals surface area contributed by atoms with Crippen LogP contribution in [-0.2, 0) is 14.3 Å². The molecule has 2 aromatic rings. The Kier molecular flexibility index (Phi) is 6.01. The first-order valence-electron chi connectivity index (χ1n) is 9.06. The normalized spacial score (nSPS) is 19.1. The third-order valence-electron chi connectivity index (χ3n) is 4.42. The average Bonchev–Trinajstić information content (AvgIpc) is 2.69. The number of rotatable bonds is 5. The van der Waals surface area contributed by atoms with Crippen LogP contribution in [0.15, 0.2) is 24.5 Å². The molecule has 1 aromatic heterocycles. The molecule has 2 heterocycles. The summed E-state index contributed by atoms with van der Waals surface area (Å²) in [5.41, 5.74) is 2.44. The van der Waals surface area contributed by atoms with Crippen molar-refractivity contribution in [3.63, 3.8) is 0 Å². The number of nitriles is 1. The van der Waals surface area contributed by atoms with Crippen LogP contribution < -0.4 is 15.5 Å². The summed E-state index contributed by atoms with van der Waals surface area (Å²) in [6, 6.07) is 5.68. The van der Waals surface area contributed by atoms with Gasteiger partial charge in [0, 0.05) is 39.0 Å². The van der Waals surface area contributed by atoms with Crippen molar-refractivity contribution < 1.29 is 14.3 Å². The van der Waals surface area contributed by atoms with E-state index in [9.17, 15) is 14.9 Å². The number of hydrogen-bond donors (Lipinski definition) is 2. The molecule has 146 valence electrons. The van der Waals surface area contributed by atoms with Crippen molar-refractivity contribution in [3.8, 4) is 6.07 Å². The highest BCUT2D eigenvalue weighted by atomic mass is 16.5. The van der Waals surface area contributed by atoms with E-state index in [1.807, 2.05) is 17.9 Å². The Hall–Kier alpha value is -3.25. The molecule has 1 aromatic carbocycles. The number of anilines is 1. The van der Waals surface area contributed by atoms with Gasteiger partial charge in [0.05, 0.1) is 23.9 Å². The number of nitrogens with one attached hydrogen (secondary N) is 2. The molecule has 0 radical (unpaired) electrons. The van der Waals surface area contributed by atoms with Gasteiger partial charge in [-0.1, -0.05) is 0 Å². The largest absolute Gasteiger partial charge is 0.364 e. The summed E-state index contributed by atoms with van der Waals surface area (Å²) < 4.78 is 5.81. The summed E-state index contributed by atoms with van der Waals surface area (Å²) >= 11 is 0. The monoisotopic (exact) mass is 382 g/mol. The Morgan fingerprint density at radius 3 is 2.64 bits per heavy atom. The molecule has 2 atom stereocenters. The number of benzene rings is 1. The Bertz CT molecular complexity index is 926. The van der Waals surface area contributed by atoms with Gasteiger partial charge in [-0.05, 0) is 19.1 Å². The van der Waals surface area contributed by atoms with Crippen LogP contribution in [0.1, 0.15) is 19.4 Å². The fourth-order valence-corrected chi connectivity index (χ4v) is 3.22. The number of aromatic nitrogens is 2. The average molecular weight is 382 g/mol. The number of morpholine rings is 1. The van der Waals surface area contributed by atoms with Gasteiger partial charge in [-0.2, -0.15) is 5.26 Å². The zero-order valence-corrected chi connectivity index (χ0v) is 15.8. The molecular weight excluding hydrogens is 360 g/mol. The lowest BCUT2D eigenvalue weighted by atomic mass is 10.1. The van der Waals surface area contributed by atoms with Gasteiger partial charge in [0.2, 0.25) is 5.91 Å². The number of ether oxygens (including phenoxy) is 1. The van der Waals surface area contributed by atoms with Crippen LogP contribution in [0.2, 0.25) is 0 Å². The lowest BCUT2D eigenvalue weighted by Crippen LogP contribution is -2.53. The Morgan fingerprint density at radius 2 is 1.93 bits per heavy atom. The van der Waals surface area contributed by atoms with Crippen LogP contribution in [0.5, 0.6) is 0 Å². The number of carbonyl (C=O) groups is 2. The molecule has 1 aliphatic heterocycles. The molecular formula is C19H22N6O3. The van der Waals surface area contributed by atoms with Gasteiger partial charge in [0.25, 0.3) is 5.91 Å². The molecule has 9 nitrogen and oxygen atoms in total. The third-order valence-corrected chi connectivity index (χ3v) is 4.42. The maximum absolute atomic E-state index is 12.5. The molecule has 0 aliphatic carbocycles. The fraction of sp³-hybridized carbons (Fsp3) is 0.421. The molecule has 0 bridgehead atoms. The van der Waals surface area contributed by atoms with Crippen LogP contribution >= 0.6 is 0 Å². The number of nitrogens with zero attached hydrogens (tertiary/aromatic N) is 4. The predicted molar refractivity (Wildman–Crippen MR) is 102 cm³/mol. The van der Waals surface area contributed by atoms with Gasteiger partial charge in [-0.3, -0.25) is 19.6 Å². The van der Waals surface area contributed by atoms with E-state index in [0.29, 0.717) is 42.8 Å². The molecule has 1 fully saturated rings. The first-order chi connectivity index (χ1) is 13.5. The van der Waals surface area contributed by atoms with Crippen LogP contribution in [0.25, 0.3) is 11.0 Å². The van der Waals surface area contributed by atoms with Crippen LogP contribution in [-0.4, -0.2) is 60.2 Å². The second-order valence-electron chi connectivity index (χ2n) is 6.61. The van der Waals surface area contributed by atoms with Crippen molar-refractivity contribution >= 4 is 28.5 Å². The molecule has 9 heteroatoms. The zero-order valence-electron chi connectivity index (χ0n) is 15.8. The van der Waals surface area contributed by atoms with Crippen LogP contribution in [0.3, 0.4) is 0 Å². The van der Waals surface area contributed by atoms with Crippen molar-refractivity contribution in [3.05, 3.63) is 30.1 Å². The van der Waals surface area contributed by atoms with Crippen molar-refractivity contribution in [2.24, 2.45) is 0 Å². The van der Waals surface area contributed by atoms with Crippen LogP contribution in [0.4, 0.5) is 5.69 Å². The van der Waals surface area contributed by atoms with Gasteiger partial charge in [0.15, 0.2) is 6.10 Å². The predicted octanol–water partition coefficient (Wildman–Crippen LogP) is 0.347. The van der Waals surface area contributed by atoms with E-state index in [1.54, 1.807) is 18.5 Å². The van der Waals surface area contributed by atoms with Crippen molar-refractivity contribution in [2.75, 3.05) is 31.1 Å². The molecule has 28 heavy (non-hydrogen) atoms. The minimum absolute atomic E-state index is 0.142. The number of hydrogen-bond acceptors (Lipinski definition) is 7. The SMILES string of the molecule is CC(=O)NCCNC(=O)[C@H]1CN(c2ccc(C#N)c3nccnc23)C[C@@H](C)O1. The first-order valence-corrected chi connectivity index (χ1v) is 9.06. The topological polar surface area (TPSA) is 120 Å². The molecule has 2 N–H and O–H groups in total. The molecule has 3 rings (SSSR count). The minimum Gasteiger partial charge on any atom is -0.364 e. The number of fused-ring (bicyclic) bond motifs is 1. The highest BCUT2D eigenvalue weighted by molar-refractivity contribution is 5.92. The summed E-state index contributed by atoms with van der Waals surface area (Å²) in [5.74, 6) is -0.372. The minimum atomic E-state index is -0.650. The smallest absolute Gasteiger partial charge is 0.251 e. The number of amides is 2. The molecule has 0 saturated carbocycles. The van der Waals surface area contributed by atoms with Gasteiger partial charge in [-0.25, -0.2) is 0 Å². The summed E-state index contributed by atoms with van der Waals surface area (Å²) in [5, 5.41) is 14.7. The Labute approximate surface area is 162 Å². The second-order valence-corrected chi connectivity index (χ2v) is 6.61. The highest BCUT2D eigenvalue weighted by Gasteiger charge is 2.31. The molecule has 0 unspecified atom stereocenters. The highest BCUT2D eigenvalue weighted by Crippen LogP contribution is 2.28. The van der Waals surface area contributed by atoms with E-state index in [0.717, 1.165) is 5.69 Å². The summed E-state index contributed by atoms with van der Waals surface area (Å²) in [6.45, 7) is 4.97. The standard InChI is InChI=1S/C19H22N6O3/c1-12-10-25(11-16(28-12)19(27)24-8-5-21-13(2)26)15-4-3-14(9-20)17-18(15)23-7-6-22-17/h3-4,6-7,12,16H,5,8,10-11H2,1-2H3,(H,21,26)(H,24,27)/t12-,16-/m1/s1. The van der Waals surface area contributed by atoms with Crippen LogP contribution in [0, 0.1) is 11.3 Å². The van der Waals surface area contributed by atoms with E-state index < -0.39 is 6.10 Å². The third kappa shape index (κ3) is 4.35. The molecule has 0 spiro atoms. The maximum atomic E-state index is 12.5. The Morgan fingerprint density at radius 1 is 1.21 bits per heavy atom. The maximum Gasteiger partial charge on any atom is 0.251 e. The second kappa shape index (κ2) is 8.63. The molecule has 1 aliphatic rings. The van der Waals surface area contributed by atoms with Gasteiger partial charge in [0.1, 0.15) is 17.1 Å². The Balaban J connectivity index is 1.76.